The number of nitrogens with one attached hydrogen (secondary N) is 2. The van der Waals surface area contributed by atoms with Gasteiger partial charge in [0.25, 0.3) is 24.1 Å². The van der Waals surface area contributed by atoms with Crippen molar-refractivity contribution in [2.45, 2.75) is 56.8 Å². The average Bonchev–Trinajstić information content (AvgIpc) is 3.99. The molecule has 0 saturated carbocycles. The first-order valence-corrected chi connectivity index (χ1v) is 17.4. The van der Waals surface area contributed by atoms with Crippen LogP contribution in [0.5, 0.6) is 0 Å². The first-order valence-electron chi connectivity index (χ1n) is 17.4. The summed E-state index contributed by atoms with van der Waals surface area (Å²) in [7, 11) is 0. The van der Waals surface area contributed by atoms with E-state index in [2.05, 4.69) is 30.6 Å². The minimum absolute atomic E-state index is 0.0313. The third-order valence-corrected chi connectivity index (χ3v) is 10.5. The lowest BCUT2D eigenvalue weighted by Gasteiger charge is -2.32. The number of urea groups is 1. The van der Waals surface area contributed by atoms with Crippen molar-refractivity contribution in [2.24, 2.45) is 0 Å². The van der Waals surface area contributed by atoms with Gasteiger partial charge in [-0.15, -0.1) is 0 Å². The lowest BCUT2D eigenvalue weighted by atomic mass is 10.0. The van der Waals surface area contributed by atoms with Crippen molar-refractivity contribution in [1.29, 1.82) is 0 Å². The largest absolute Gasteiger partial charge is 0.374 e. The molecule has 19 heteroatoms. The summed E-state index contributed by atoms with van der Waals surface area (Å²) in [5.74, 6) is -1.68. The number of hydrazine groups is 1. The van der Waals surface area contributed by atoms with E-state index in [9.17, 15) is 32.8 Å². The normalized spacial score (nSPS) is 22.1. The number of halogens is 2. The van der Waals surface area contributed by atoms with Crippen LogP contribution in [0.4, 0.5) is 25.1 Å². The summed E-state index contributed by atoms with van der Waals surface area (Å²) >= 11 is 0. The van der Waals surface area contributed by atoms with E-state index in [1.165, 1.54) is 21.6 Å². The van der Waals surface area contributed by atoms with E-state index in [4.69, 9.17) is 9.72 Å². The van der Waals surface area contributed by atoms with Crippen LogP contribution in [0.2, 0.25) is 0 Å². The van der Waals surface area contributed by atoms with Gasteiger partial charge in [0.05, 0.1) is 54.4 Å². The molecule has 4 saturated heterocycles. The second-order valence-corrected chi connectivity index (χ2v) is 13.8. The van der Waals surface area contributed by atoms with Gasteiger partial charge in [-0.1, -0.05) is 6.07 Å². The molecule has 2 N–H and O–H groups in total. The van der Waals surface area contributed by atoms with Crippen LogP contribution >= 0.6 is 0 Å². The Morgan fingerprint density at radius 3 is 2.58 bits per heavy atom. The summed E-state index contributed by atoms with van der Waals surface area (Å²) in [6.45, 7) is 2.90. The highest BCUT2D eigenvalue weighted by Crippen LogP contribution is 2.34. The lowest BCUT2D eigenvalue weighted by Crippen LogP contribution is -2.58. The van der Waals surface area contributed by atoms with Gasteiger partial charge in [-0.3, -0.25) is 34.1 Å². The number of imide groups is 2. The van der Waals surface area contributed by atoms with E-state index in [0.717, 1.165) is 22.0 Å². The molecule has 0 radical (unpaired) electrons. The fraction of sp³-hybridized carbons (Fsp3) is 0.412. The molecule has 5 aliphatic rings. The zero-order valence-electron chi connectivity index (χ0n) is 28.2. The number of carbonyl (C=O) groups is 5. The Bertz CT molecular complexity index is 2200. The quantitative estimate of drug-likeness (QED) is 0.255. The molecule has 4 fully saturated rings. The number of morpholine rings is 1. The van der Waals surface area contributed by atoms with E-state index in [1.54, 1.807) is 24.4 Å². The third-order valence-electron chi connectivity index (χ3n) is 10.5. The van der Waals surface area contributed by atoms with Gasteiger partial charge in [0.1, 0.15) is 11.4 Å². The number of fused-ring (bicyclic) bond motifs is 4. The molecule has 2 bridgehead atoms. The van der Waals surface area contributed by atoms with Crippen molar-refractivity contribution in [3.05, 3.63) is 70.8 Å². The van der Waals surface area contributed by atoms with Crippen molar-refractivity contribution in [3.8, 4) is 0 Å². The van der Waals surface area contributed by atoms with Gasteiger partial charge in [0.2, 0.25) is 5.91 Å². The van der Waals surface area contributed by atoms with E-state index in [1.807, 2.05) is 6.07 Å². The molecule has 0 unspecified atom stereocenters. The number of piperidine rings is 1. The summed E-state index contributed by atoms with van der Waals surface area (Å²) < 4.78 is 37.1. The van der Waals surface area contributed by atoms with E-state index < -0.39 is 41.8 Å². The summed E-state index contributed by atoms with van der Waals surface area (Å²) in [5.41, 5.74) is 0.967. The van der Waals surface area contributed by atoms with Gasteiger partial charge < -0.3 is 15.0 Å². The highest BCUT2D eigenvalue weighted by molar-refractivity contribution is 6.22. The van der Waals surface area contributed by atoms with Gasteiger partial charge in [-0.25, -0.2) is 28.1 Å². The highest BCUT2D eigenvalue weighted by atomic mass is 19.3. The molecule has 9 rings (SSSR count). The summed E-state index contributed by atoms with van der Waals surface area (Å²) in [4.78, 5) is 72.6. The number of anilines is 2. The molecular weight excluding hydrogens is 696 g/mol. The number of ether oxygens (including phenoxy) is 1. The fourth-order valence-corrected chi connectivity index (χ4v) is 7.84. The van der Waals surface area contributed by atoms with Gasteiger partial charge >= 0.3 is 6.03 Å². The Kier molecular flexibility index (Phi) is 7.91. The Morgan fingerprint density at radius 1 is 1.04 bits per heavy atom. The van der Waals surface area contributed by atoms with E-state index >= 15 is 0 Å². The predicted octanol–water partition coefficient (Wildman–Crippen LogP) is 2.38. The molecule has 53 heavy (non-hydrogen) atoms. The predicted molar refractivity (Wildman–Crippen MR) is 179 cm³/mol. The summed E-state index contributed by atoms with van der Waals surface area (Å²) in [6.07, 6.45) is 3.82. The number of hydrogen-bond donors (Lipinski definition) is 2. The Morgan fingerprint density at radius 2 is 1.85 bits per heavy atom. The molecule has 0 aliphatic carbocycles. The van der Waals surface area contributed by atoms with Crippen LogP contribution in [0.3, 0.4) is 0 Å². The Labute approximate surface area is 299 Å². The number of rotatable bonds is 8. The first kappa shape index (κ1) is 33.0. The summed E-state index contributed by atoms with van der Waals surface area (Å²) in [6, 6.07) is 5.97. The molecule has 274 valence electrons. The van der Waals surface area contributed by atoms with Gasteiger partial charge in [-0.2, -0.15) is 15.2 Å². The van der Waals surface area contributed by atoms with Crippen molar-refractivity contribution in [3.63, 3.8) is 0 Å². The van der Waals surface area contributed by atoms with Crippen LogP contribution < -0.4 is 15.5 Å². The number of hydrogen-bond acceptors (Lipinski definition) is 11. The molecule has 8 heterocycles. The van der Waals surface area contributed by atoms with Crippen molar-refractivity contribution >= 4 is 46.8 Å². The zero-order valence-corrected chi connectivity index (χ0v) is 28.2. The first-order chi connectivity index (χ1) is 25.6. The molecule has 2 atom stereocenters. The van der Waals surface area contributed by atoms with Crippen molar-refractivity contribution < 1.29 is 37.5 Å². The van der Waals surface area contributed by atoms with Gasteiger partial charge in [0.15, 0.2) is 11.3 Å². The number of benzene rings is 1. The van der Waals surface area contributed by atoms with Gasteiger partial charge in [0, 0.05) is 45.0 Å². The molecule has 3 aromatic heterocycles. The lowest BCUT2D eigenvalue weighted by molar-refractivity contribution is -0.122. The fourth-order valence-electron chi connectivity index (χ4n) is 7.84. The standard InChI is InChI=1S/C34H33F2N11O6/c35-29(36)28-25(38-31(49)24-13-37-44-9-5-26(39-30(24)44)43-15-21-12-20(43)17-53-21)16-45(41-28)19-3-7-42(8-4-19)14-18-1-2-22-23(11-18)33(51)47(32(22)50)46-10-6-27(48)40-34(46)52/h1-2,5,9,11,13,16,19-21,29H,3-4,6-8,10,12,14-15,17H2,(H,38,49)(H,40,48,52)/t20-,21-/m1/s1. The maximum Gasteiger partial charge on any atom is 0.343 e. The number of nitrogens with zero attached hydrogens (tertiary/aromatic N) is 9. The maximum atomic E-state index is 14.2. The Balaban J connectivity index is 0.852. The van der Waals surface area contributed by atoms with Gasteiger partial charge in [-0.05, 0) is 43.0 Å². The minimum Gasteiger partial charge on any atom is -0.374 e. The number of amides is 6. The molecule has 6 amide bonds. The van der Waals surface area contributed by atoms with E-state index in [-0.39, 0.29) is 53.5 Å². The van der Waals surface area contributed by atoms with E-state index in [0.29, 0.717) is 57.1 Å². The average molecular weight is 730 g/mol. The monoisotopic (exact) mass is 729 g/mol. The van der Waals surface area contributed by atoms with Crippen molar-refractivity contribution in [2.75, 3.05) is 43.0 Å². The molecular formula is C34H33F2N11O6. The second kappa shape index (κ2) is 12.7. The van der Waals surface area contributed by atoms with Crippen LogP contribution in [-0.4, -0.2) is 114 Å². The second-order valence-electron chi connectivity index (χ2n) is 13.8. The SMILES string of the molecule is O=C1CCN(N2C(=O)c3ccc(CN4CCC(n5cc(NC(=O)c6cnn7ccc(N8C[C@H]9C[C@@H]8CO9)nc67)c(C(F)F)n5)CC4)cc3C2=O)C(=O)N1. The maximum absolute atomic E-state index is 14.2. The molecule has 0 spiro atoms. The number of carbonyl (C=O) groups excluding carboxylic acids is 5. The topological polar surface area (TPSA) is 180 Å². The number of likely N-dealkylation sites (tertiary alicyclic amines) is 1. The molecule has 17 nitrogen and oxygen atoms in total. The number of alkyl halides is 2. The third kappa shape index (κ3) is 5.75. The number of aromatic nitrogens is 5. The highest BCUT2D eigenvalue weighted by Gasteiger charge is 2.43. The van der Waals surface area contributed by atoms with Crippen LogP contribution in [0.25, 0.3) is 5.65 Å². The van der Waals surface area contributed by atoms with Crippen molar-refractivity contribution in [1.82, 2.24) is 44.6 Å². The van der Waals surface area contributed by atoms with Crippen LogP contribution in [-0.2, 0) is 16.1 Å². The molecule has 5 aliphatic heterocycles. The zero-order chi connectivity index (χ0) is 36.5. The smallest absolute Gasteiger partial charge is 0.343 e. The Hall–Kier alpha value is -5.82. The molecule has 1 aromatic carbocycles. The molecule has 4 aromatic rings. The minimum atomic E-state index is -2.93. The van der Waals surface area contributed by atoms with Crippen LogP contribution in [0, 0.1) is 0 Å². The van der Waals surface area contributed by atoms with Crippen LogP contribution in [0.15, 0.2) is 42.9 Å². The van der Waals surface area contributed by atoms with Crippen LogP contribution in [0.1, 0.15) is 80.5 Å². The summed E-state index contributed by atoms with van der Waals surface area (Å²) in [5, 5.41) is 14.9.